The Labute approximate surface area is 103 Å². The number of aliphatic hydroxyl groups excluding tert-OH is 1. The van der Waals surface area contributed by atoms with E-state index in [1.165, 1.54) is 0 Å². The minimum atomic E-state index is 0.190. The summed E-state index contributed by atoms with van der Waals surface area (Å²) in [4.78, 5) is 10.8. The van der Waals surface area contributed by atoms with Crippen LogP contribution < -0.4 is 10.2 Å². The van der Waals surface area contributed by atoms with Gasteiger partial charge in [-0.2, -0.15) is 0 Å². The van der Waals surface area contributed by atoms with Crippen LogP contribution in [0.2, 0.25) is 0 Å². The van der Waals surface area contributed by atoms with Gasteiger partial charge in [-0.15, -0.1) is 0 Å². The minimum Gasteiger partial charge on any atom is -0.396 e. The topological polar surface area (TPSA) is 61.3 Å². The Morgan fingerprint density at radius 3 is 2.71 bits per heavy atom. The molecule has 0 aliphatic heterocycles. The van der Waals surface area contributed by atoms with Gasteiger partial charge in [-0.3, -0.25) is 0 Å². The second kappa shape index (κ2) is 6.39. The smallest absolute Gasteiger partial charge is 0.134 e. The van der Waals surface area contributed by atoms with Crippen molar-refractivity contribution in [1.82, 2.24) is 9.97 Å². The maximum absolute atomic E-state index is 8.73. The fourth-order valence-electron chi connectivity index (χ4n) is 1.38. The number of hydrogen-bond acceptors (Lipinski definition) is 5. The predicted molar refractivity (Wildman–Crippen MR) is 70.5 cm³/mol. The molecule has 0 bridgehead atoms. The van der Waals surface area contributed by atoms with Crippen molar-refractivity contribution in [2.75, 3.05) is 30.4 Å². The third-order valence-electron chi connectivity index (χ3n) is 2.60. The number of nitrogens with one attached hydrogen (secondary N) is 1. The second-order valence-electron chi connectivity index (χ2n) is 4.37. The Balaban J connectivity index is 2.79. The van der Waals surface area contributed by atoms with Gasteiger partial charge in [0.1, 0.15) is 17.5 Å². The molecule has 0 saturated carbocycles. The molecule has 0 aliphatic carbocycles. The molecule has 1 heterocycles. The van der Waals surface area contributed by atoms with Crippen molar-refractivity contribution in [2.24, 2.45) is 0 Å². The Bertz CT molecular complexity index is 354. The Kier molecular flexibility index (Phi) is 5.15. The molecular formula is C12H22N4O. The molecule has 17 heavy (non-hydrogen) atoms. The van der Waals surface area contributed by atoms with Crippen molar-refractivity contribution < 1.29 is 5.11 Å². The number of aromatic nitrogens is 2. The number of hydrogen-bond donors (Lipinski definition) is 2. The first-order chi connectivity index (χ1) is 8.04. The van der Waals surface area contributed by atoms with Crippen LogP contribution in [0.15, 0.2) is 6.07 Å². The van der Waals surface area contributed by atoms with Crippen molar-refractivity contribution in [2.45, 2.75) is 33.2 Å². The molecule has 0 aromatic carbocycles. The highest BCUT2D eigenvalue weighted by molar-refractivity contribution is 5.49. The van der Waals surface area contributed by atoms with Gasteiger partial charge in [0.2, 0.25) is 0 Å². The van der Waals surface area contributed by atoms with Gasteiger partial charge < -0.3 is 15.3 Å². The normalized spacial score (nSPS) is 10.7. The third-order valence-corrected chi connectivity index (χ3v) is 2.60. The lowest BCUT2D eigenvalue weighted by atomic mass is 10.3. The summed E-state index contributed by atoms with van der Waals surface area (Å²) < 4.78 is 0. The maximum Gasteiger partial charge on any atom is 0.134 e. The Morgan fingerprint density at radius 1 is 1.41 bits per heavy atom. The molecule has 0 saturated heterocycles. The fraction of sp³-hybridized carbons (Fsp3) is 0.667. The predicted octanol–water partition coefficient (Wildman–Crippen LogP) is 1.42. The van der Waals surface area contributed by atoms with Crippen molar-refractivity contribution in [3.8, 4) is 0 Å². The molecule has 0 unspecified atom stereocenters. The summed E-state index contributed by atoms with van der Waals surface area (Å²) in [6, 6.07) is 2.33. The molecule has 0 amide bonds. The molecule has 0 fully saturated rings. The lowest BCUT2D eigenvalue weighted by Gasteiger charge is -2.23. The number of nitrogens with zero attached hydrogens (tertiary/aromatic N) is 3. The van der Waals surface area contributed by atoms with Crippen LogP contribution in [0.25, 0.3) is 0 Å². The Hall–Kier alpha value is -1.36. The largest absolute Gasteiger partial charge is 0.396 e. The highest BCUT2D eigenvalue weighted by atomic mass is 16.3. The van der Waals surface area contributed by atoms with Crippen molar-refractivity contribution >= 4 is 11.6 Å². The standard InChI is InChI=1S/C12H22N4O/c1-9(2)16(4)12-8-11(13-6-5-7-17)14-10(3)15-12/h8-9,17H,5-7H2,1-4H3,(H,13,14,15). The van der Waals surface area contributed by atoms with Crippen LogP contribution in [0.4, 0.5) is 11.6 Å². The molecule has 0 aliphatic rings. The summed E-state index contributed by atoms with van der Waals surface area (Å²) in [5, 5.41) is 11.9. The minimum absolute atomic E-state index is 0.190. The number of anilines is 2. The first kappa shape index (κ1) is 13.7. The van der Waals surface area contributed by atoms with Gasteiger partial charge in [0.05, 0.1) is 0 Å². The first-order valence-electron chi connectivity index (χ1n) is 5.98. The highest BCUT2D eigenvalue weighted by Gasteiger charge is 2.08. The van der Waals surface area contributed by atoms with Crippen molar-refractivity contribution in [3.05, 3.63) is 11.9 Å². The molecule has 1 rings (SSSR count). The summed E-state index contributed by atoms with van der Waals surface area (Å²) in [7, 11) is 2.02. The van der Waals surface area contributed by atoms with Crippen molar-refractivity contribution in [1.29, 1.82) is 0 Å². The van der Waals surface area contributed by atoms with E-state index in [0.717, 1.165) is 30.4 Å². The molecule has 5 nitrogen and oxygen atoms in total. The summed E-state index contributed by atoms with van der Waals surface area (Å²) >= 11 is 0. The van der Waals surface area contributed by atoms with Crippen LogP contribution in [-0.2, 0) is 0 Å². The summed E-state index contributed by atoms with van der Waals surface area (Å²) in [5.74, 6) is 2.48. The summed E-state index contributed by atoms with van der Waals surface area (Å²) in [6.45, 7) is 7.04. The average Bonchev–Trinajstić information content (AvgIpc) is 2.27. The van der Waals surface area contributed by atoms with Crippen molar-refractivity contribution in [3.63, 3.8) is 0 Å². The van der Waals surface area contributed by atoms with Crippen LogP contribution >= 0.6 is 0 Å². The molecule has 96 valence electrons. The van der Waals surface area contributed by atoms with Gasteiger partial charge >= 0.3 is 0 Å². The van der Waals surface area contributed by atoms with E-state index >= 15 is 0 Å². The average molecular weight is 238 g/mol. The van der Waals surface area contributed by atoms with E-state index in [1.807, 2.05) is 20.0 Å². The van der Waals surface area contributed by atoms with E-state index in [9.17, 15) is 0 Å². The van der Waals surface area contributed by atoms with E-state index in [2.05, 4.69) is 34.0 Å². The van der Waals surface area contributed by atoms with E-state index in [4.69, 9.17) is 5.11 Å². The zero-order valence-electron chi connectivity index (χ0n) is 11.1. The highest BCUT2D eigenvalue weighted by Crippen LogP contribution is 2.16. The van der Waals surface area contributed by atoms with Gasteiger partial charge in [-0.1, -0.05) is 0 Å². The Morgan fingerprint density at radius 2 is 2.12 bits per heavy atom. The van der Waals surface area contributed by atoms with E-state index in [1.54, 1.807) is 0 Å². The summed E-state index contributed by atoms with van der Waals surface area (Å²) in [5.41, 5.74) is 0. The van der Waals surface area contributed by atoms with Crippen LogP contribution in [0, 0.1) is 6.92 Å². The van der Waals surface area contributed by atoms with Gasteiger partial charge in [0.25, 0.3) is 0 Å². The second-order valence-corrected chi connectivity index (χ2v) is 4.37. The lowest BCUT2D eigenvalue weighted by Crippen LogP contribution is -2.27. The van der Waals surface area contributed by atoms with E-state index in [-0.39, 0.29) is 6.61 Å². The van der Waals surface area contributed by atoms with Gasteiger partial charge in [-0.05, 0) is 27.2 Å². The first-order valence-corrected chi connectivity index (χ1v) is 5.98. The number of aryl methyl sites for hydroxylation is 1. The molecule has 1 aromatic heterocycles. The van der Waals surface area contributed by atoms with E-state index < -0.39 is 0 Å². The maximum atomic E-state index is 8.73. The lowest BCUT2D eigenvalue weighted by molar-refractivity contribution is 0.292. The molecule has 0 atom stereocenters. The molecule has 1 aromatic rings. The fourth-order valence-corrected chi connectivity index (χ4v) is 1.38. The van der Waals surface area contributed by atoms with Gasteiger partial charge in [0.15, 0.2) is 0 Å². The zero-order valence-corrected chi connectivity index (χ0v) is 11.1. The van der Waals surface area contributed by atoms with Crippen LogP contribution in [0.5, 0.6) is 0 Å². The third kappa shape index (κ3) is 4.19. The SMILES string of the molecule is Cc1nc(NCCCO)cc(N(C)C(C)C)n1. The van der Waals surface area contributed by atoms with Gasteiger partial charge in [0, 0.05) is 32.3 Å². The van der Waals surface area contributed by atoms with E-state index in [0.29, 0.717) is 6.04 Å². The molecule has 2 N–H and O–H groups in total. The molecule has 5 heteroatoms. The van der Waals surface area contributed by atoms with Crippen LogP contribution in [0.3, 0.4) is 0 Å². The molecule has 0 spiro atoms. The van der Waals surface area contributed by atoms with Gasteiger partial charge in [-0.25, -0.2) is 9.97 Å². The summed E-state index contributed by atoms with van der Waals surface area (Å²) in [6.07, 6.45) is 0.721. The molecule has 0 radical (unpaired) electrons. The quantitative estimate of drug-likeness (QED) is 0.734. The monoisotopic (exact) mass is 238 g/mol. The number of aliphatic hydroxyl groups is 1. The van der Waals surface area contributed by atoms with Crippen LogP contribution in [0.1, 0.15) is 26.1 Å². The molecular weight excluding hydrogens is 216 g/mol. The van der Waals surface area contributed by atoms with Crippen LogP contribution in [-0.4, -0.2) is 41.3 Å². The number of rotatable bonds is 6. The zero-order chi connectivity index (χ0) is 12.8.